The van der Waals surface area contributed by atoms with Gasteiger partial charge in [-0.15, -0.1) is 0 Å². The Morgan fingerprint density at radius 3 is 3.00 bits per heavy atom. The van der Waals surface area contributed by atoms with Crippen molar-refractivity contribution < 1.29 is 0 Å². The van der Waals surface area contributed by atoms with Crippen LogP contribution in [0.1, 0.15) is 17.5 Å². The van der Waals surface area contributed by atoms with Gasteiger partial charge in [-0.05, 0) is 41.7 Å². The summed E-state index contributed by atoms with van der Waals surface area (Å²) in [4.78, 5) is 4.02. The molecule has 0 aliphatic rings. The molecule has 2 aromatic heterocycles. The van der Waals surface area contributed by atoms with Gasteiger partial charge in [-0.1, -0.05) is 0 Å². The highest BCUT2D eigenvalue weighted by atomic mass is 32.1. The molecule has 2 aromatic rings. The summed E-state index contributed by atoms with van der Waals surface area (Å²) in [6.45, 7) is 3.25. The number of hydrogen-bond acceptors (Lipinski definition) is 2. The first-order valence-corrected chi connectivity index (χ1v) is 5.78. The Morgan fingerprint density at radius 2 is 2.36 bits per heavy atom. The van der Waals surface area contributed by atoms with Crippen LogP contribution in [0.5, 0.6) is 0 Å². The first-order valence-electron chi connectivity index (χ1n) is 4.83. The molecule has 0 bridgehead atoms. The van der Waals surface area contributed by atoms with Crippen LogP contribution in [0.4, 0.5) is 0 Å². The maximum absolute atomic E-state index is 4.02. The molecule has 0 amide bonds. The highest BCUT2D eigenvalue weighted by Crippen LogP contribution is 2.15. The first kappa shape index (κ1) is 9.46. The number of aromatic nitrogens is 2. The first-order chi connectivity index (χ1) is 6.86. The Hall–Kier alpha value is -1.09. The zero-order chi connectivity index (χ0) is 9.80. The third kappa shape index (κ3) is 2.23. The number of aryl methyl sites for hydroxylation is 3. The summed E-state index contributed by atoms with van der Waals surface area (Å²) in [5, 5.41) is 4.47. The molecular weight excluding hydrogens is 192 g/mol. The van der Waals surface area contributed by atoms with Crippen molar-refractivity contribution in [3.8, 4) is 0 Å². The van der Waals surface area contributed by atoms with Crippen molar-refractivity contribution in [2.75, 3.05) is 0 Å². The van der Waals surface area contributed by atoms with E-state index >= 15 is 0 Å². The molecule has 0 aliphatic carbocycles. The van der Waals surface area contributed by atoms with Crippen LogP contribution in [0.3, 0.4) is 0 Å². The van der Waals surface area contributed by atoms with E-state index in [4.69, 9.17) is 0 Å². The van der Waals surface area contributed by atoms with Gasteiger partial charge in [0.1, 0.15) is 0 Å². The molecule has 0 spiro atoms. The maximum Gasteiger partial charge on any atom is 0.0945 e. The van der Waals surface area contributed by atoms with Gasteiger partial charge in [-0.3, -0.25) is 0 Å². The maximum atomic E-state index is 4.02. The standard InChI is InChI=1S/C11H14N2S/c1-10-7-14-8-11(10)3-2-5-13-6-4-12-9-13/h4,6-9H,2-3,5H2,1H3. The molecule has 0 saturated heterocycles. The zero-order valence-electron chi connectivity index (χ0n) is 8.31. The molecule has 0 aromatic carbocycles. The number of imidazole rings is 1. The Labute approximate surface area is 88.2 Å². The second-order valence-electron chi connectivity index (χ2n) is 3.48. The Morgan fingerprint density at radius 1 is 1.43 bits per heavy atom. The van der Waals surface area contributed by atoms with E-state index in [1.165, 1.54) is 24.0 Å². The van der Waals surface area contributed by atoms with E-state index in [0.717, 1.165) is 6.54 Å². The molecule has 14 heavy (non-hydrogen) atoms. The molecule has 0 aliphatic heterocycles. The highest BCUT2D eigenvalue weighted by Gasteiger charge is 1.98. The lowest BCUT2D eigenvalue weighted by atomic mass is 10.1. The smallest absolute Gasteiger partial charge is 0.0945 e. The van der Waals surface area contributed by atoms with Crippen molar-refractivity contribution >= 4 is 11.3 Å². The summed E-state index contributed by atoms with van der Waals surface area (Å²) in [6.07, 6.45) is 8.08. The summed E-state index contributed by atoms with van der Waals surface area (Å²) in [6, 6.07) is 0. The third-order valence-electron chi connectivity index (χ3n) is 2.38. The minimum Gasteiger partial charge on any atom is -0.337 e. The van der Waals surface area contributed by atoms with Gasteiger partial charge in [-0.2, -0.15) is 11.3 Å². The largest absolute Gasteiger partial charge is 0.337 e. The fraction of sp³-hybridized carbons (Fsp3) is 0.364. The molecule has 3 heteroatoms. The van der Waals surface area contributed by atoms with Crippen LogP contribution in [0.15, 0.2) is 29.5 Å². The van der Waals surface area contributed by atoms with Gasteiger partial charge in [-0.25, -0.2) is 4.98 Å². The lowest BCUT2D eigenvalue weighted by molar-refractivity contribution is 0.641. The molecule has 2 heterocycles. The van der Waals surface area contributed by atoms with E-state index in [0.29, 0.717) is 0 Å². The van der Waals surface area contributed by atoms with E-state index in [2.05, 4.69) is 27.2 Å². The molecule has 0 N–H and O–H groups in total. The van der Waals surface area contributed by atoms with E-state index in [1.807, 2.05) is 18.7 Å². The molecule has 2 rings (SSSR count). The molecule has 74 valence electrons. The van der Waals surface area contributed by atoms with E-state index < -0.39 is 0 Å². The van der Waals surface area contributed by atoms with Gasteiger partial charge in [0.25, 0.3) is 0 Å². The van der Waals surface area contributed by atoms with Crippen LogP contribution in [0.25, 0.3) is 0 Å². The average molecular weight is 206 g/mol. The van der Waals surface area contributed by atoms with Crippen LogP contribution in [-0.4, -0.2) is 9.55 Å². The molecule has 2 nitrogen and oxygen atoms in total. The lowest BCUT2D eigenvalue weighted by Crippen LogP contribution is -1.96. The Balaban J connectivity index is 1.81. The fourth-order valence-corrected chi connectivity index (χ4v) is 2.41. The number of hydrogen-bond donors (Lipinski definition) is 0. The normalized spacial score (nSPS) is 10.6. The summed E-state index contributed by atoms with van der Waals surface area (Å²) in [5.74, 6) is 0. The van der Waals surface area contributed by atoms with Crippen molar-refractivity contribution in [2.24, 2.45) is 0 Å². The van der Waals surface area contributed by atoms with Gasteiger partial charge in [0.05, 0.1) is 6.33 Å². The van der Waals surface area contributed by atoms with Crippen molar-refractivity contribution in [3.05, 3.63) is 40.6 Å². The molecule has 0 saturated carbocycles. The SMILES string of the molecule is Cc1cscc1CCCn1ccnc1. The van der Waals surface area contributed by atoms with Crippen molar-refractivity contribution in [1.29, 1.82) is 0 Å². The van der Waals surface area contributed by atoms with Gasteiger partial charge < -0.3 is 4.57 Å². The van der Waals surface area contributed by atoms with Gasteiger partial charge in [0.2, 0.25) is 0 Å². The van der Waals surface area contributed by atoms with E-state index in [-0.39, 0.29) is 0 Å². The van der Waals surface area contributed by atoms with Crippen molar-refractivity contribution in [2.45, 2.75) is 26.3 Å². The topological polar surface area (TPSA) is 17.8 Å². The molecule has 0 atom stereocenters. The third-order valence-corrected chi connectivity index (χ3v) is 3.29. The lowest BCUT2D eigenvalue weighted by Gasteiger charge is -2.01. The summed E-state index contributed by atoms with van der Waals surface area (Å²) in [5.41, 5.74) is 2.93. The second kappa shape index (κ2) is 4.42. The molecule has 0 radical (unpaired) electrons. The fourth-order valence-electron chi connectivity index (χ4n) is 1.51. The Kier molecular flexibility index (Phi) is 2.99. The van der Waals surface area contributed by atoms with E-state index in [9.17, 15) is 0 Å². The number of thiophene rings is 1. The number of rotatable bonds is 4. The minimum atomic E-state index is 1.06. The average Bonchev–Trinajstić information content (AvgIpc) is 2.78. The summed E-state index contributed by atoms with van der Waals surface area (Å²) >= 11 is 1.79. The van der Waals surface area contributed by atoms with Crippen molar-refractivity contribution in [1.82, 2.24) is 9.55 Å². The van der Waals surface area contributed by atoms with Gasteiger partial charge >= 0.3 is 0 Å². The molecule has 0 fully saturated rings. The van der Waals surface area contributed by atoms with Crippen LogP contribution in [0.2, 0.25) is 0 Å². The van der Waals surface area contributed by atoms with Gasteiger partial charge in [0.15, 0.2) is 0 Å². The highest BCUT2D eigenvalue weighted by molar-refractivity contribution is 7.08. The quantitative estimate of drug-likeness (QED) is 0.752. The predicted octanol–water partition coefficient (Wildman–Crippen LogP) is 2.89. The van der Waals surface area contributed by atoms with Crippen LogP contribution >= 0.6 is 11.3 Å². The number of nitrogens with zero attached hydrogens (tertiary/aromatic N) is 2. The minimum absolute atomic E-state index is 1.06. The molecular formula is C11H14N2S. The zero-order valence-corrected chi connectivity index (χ0v) is 9.13. The van der Waals surface area contributed by atoms with Crippen LogP contribution in [-0.2, 0) is 13.0 Å². The van der Waals surface area contributed by atoms with E-state index in [1.54, 1.807) is 11.3 Å². The van der Waals surface area contributed by atoms with Crippen LogP contribution < -0.4 is 0 Å². The summed E-state index contributed by atoms with van der Waals surface area (Å²) < 4.78 is 2.13. The van der Waals surface area contributed by atoms with Crippen LogP contribution in [0, 0.1) is 6.92 Å². The monoisotopic (exact) mass is 206 g/mol. The van der Waals surface area contributed by atoms with Gasteiger partial charge in [0, 0.05) is 18.9 Å². The summed E-state index contributed by atoms with van der Waals surface area (Å²) in [7, 11) is 0. The Bertz CT molecular complexity index is 376. The predicted molar refractivity (Wildman–Crippen MR) is 59.6 cm³/mol. The second-order valence-corrected chi connectivity index (χ2v) is 4.23. The molecule has 0 unspecified atom stereocenters. The van der Waals surface area contributed by atoms with Crippen molar-refractivity contribution in [3.63, 3.8) is 0 Å².